The first-order chi connectivity index (χ1) is 16.5. The summed E-state index contributed by atoms with van der Waals surface area (Å²) < 4.78 is 0. The molecule has 3 aromatic carbocycles. The molecule has 0 aliphatic rings. The van der Waals surface area contributed by atoms with Gasteiger partial charge in [0, 0.05) is 35.2 Å². The number of nitro groups is 1. The predicted molar refractivity (Wildman–Crippen MR) is 134 cm³/mol. The van der Waals surface area contributed by atoms with Gasteiger partial charge in [0.15, 0.2) is 0 Å². The summed E-state index contributed by atoms with van der Waals surface area (Å²) >= 11 is 7.12. The van der Waals surface area contributed by atoms with Crippen molar-refractivity contribution in [2.75, 3.05) is 17.6 Å². The number of nitro benzene ring substituents is 1. The van der Waals surface area contributed by atoms with Crippen molar-refractivity contribution < 1.29 is 10.0 Å². The van der Waals surface area contributed by atoms with Crippen LogP contribution in [-0.4, -0.2) is 43.6 Å². The quantitative estimate of drug-likeness (QED) is 0.182. The van der Waals surface area contributed by atoms with Crippen molar-refractivity contribution in [2.45, 2.75) is 11.3 Å². The molecule has 0 amide bonds. The molecule has 4 rings (SSSR count). The summed E-state index contributed by atoms with van der Waals surface area (Å²) in [6.07, 6.45) is -0.752. The van der Waals surface area contributed by atoms with Gasteiger partial charge >= 0.3 is 0 Å². The van der Waals surface area contributed by atoms with Gasteiger partial charge in [0.25, 0.3) is 5.69 Å². The Morgan fingerprint density at radius 3 is 2.26 bits per heavy atom. The van der Waals surface area contributed by atoms with Gasteiger partial charge in [-0.2, -0.15) is 0 Å². The summed E-state index contributed by atoms with van der Waals surface area (Å²) in [5.74, 6) is 0.309. The van der Waals surface area contributed by atoms with Gasteiger partial charge in [-0.25, -0.2) is 4.98 Å². The van der Waals surface area contributed by atoms with E-state index in [0.29, 0.717) is 28.0 Å². The van der Waals surface area contributed by atoms with Crippen LogP contribution in [0.2, 0.25) is 5.02 Å². The van der Waals surface area contributed by atoms with Gasteiger partial charge in [0.2, 0.25) is 5.16 Å². The highest BCUT2D eigenvalue weighted by atomic mass is 35.5. The number of aliphatic hydroxyl groups excluding tert-OH is 1. The fourth-order valence-electron chi connectivity index (χ4n) is 3.19. The van der Waals surface area contributed by atoms with Crippen LogP contribution >= 0.6 is 23.4 Å². The van der Waals surface area contributed by atoms with Crippen LogP contribution in [0.5, 0.6) is 0 Å². The molecule has 172 valence electrons. The number of nitrogens with one attached hydrogen (secondary N) is 1. The van der Waals surface area contributed by atoms with Crippen LogP contribution < -0.4 is 5.32 Å². The topological polar surface area (TPSA) is 114 Å². The number of rotatable bonds is 9. The van der Waals surface area contributed by atoms with E-state index in [0.717, 1.165) is 11.1 Å². The molecular weight excluding hydrogens is 474 g/mol. The van der Waals surface area contributed by atoms with Crippen LogP contribution in [0.4, 0.5) is 11.4 Å². The zero-order valence-electron chi connectivity index (χ0n) is 17.8. The molecule has 0 radical (unpaired) electrons. The average molecular weight is 494 g/mol. The molecule has 0 aliphatic heterocycles. The highest BCUT2D eigenvalue weighted by molar-refractivity contribution is 7.99. The van der Waals surface area contributed by atoms with Gasteiger partial charge in [-0.1, -0.05) is 84.0 Å². The lowest BCUT2D eigenvalue weighted by Gasteiger charge is -2.13. The Morgan fingerprint density at radius 2 is 1.62 bits per heavy atom. The zero-order chi connectivity index (χ0) is 23.9. The number of hydrogen-bond acceptors (Lipinski definition) is 8. The number of aliphatic hydroxyl groups is 1. The molecule has 1 heterocycles. The highest BCUT2D eigenvalue weighted by Gasteiger charge is 2.16. The van der Waals surface area contributed by atoms with Gasteiger partial charge < -0.3 is 10.4 Å². The van der Waals surface area contributed by atoms with Crippen LogP contribution in [0.15, 0.2) is 84.0 Å². The Balaban J connectivity index is 1.45. The maximum Gasteiger partial charge on any atom is 0.289 e. The molecule has 34 heavy (non-hydrogen) atoms. The minimum atomic E-state index is -0.752. The first-order valence-corrected chi connectivity index (χ1v) is 11.7. The third-order valence-electron chi connectivity index (χ3n) is 4.85. The molecule has 0 fully saturated rings. The predicted octanol–water partition coefficient (Wildman–Crippen LogP) is 5.33. The largest absolute Gasteiger partial charge is 0.390 e. The third-order valence-corrected chi connectivity index (χ3v) is 6.15. The smallest absolute Gasteiger partial charge is 0.289 e. The van der Waals surface area contributed by atoms with Crippen molar-refractivity contribution in [3.8, 4) is 22.5 Å². The fraction of sp³-hybridized carbons (Fsp3) is 0.125. The molecular formula is C24H20ClN5O3S. The van der Waals surface area contributed by atoms with Gasteiger partial charge in [-0.15, -0.1) is 10.2 Å². The molecule has 1 aromatic heterocycles. The Kier molecular flexibility index (Phi) is 7.69. The second kappa shape index (κ2) is 11.1. The van der Waals surface area contributed by atoms with Crippen LogP contribution in [0.1, 0.15) is 0 Å². The first-order valence-electron chi connectivity index (χ1n) is 10.4. The normalized spacial score (nSPS) is 11.7. The minimum absolute atomic E-state index is 0.0597. The molecule has 4 aromatic rings. The molecule has 0 saturated heterocycles. The number of aromatic nitrogens is 3. The fourth-order valence-corrected chi connectivity index (χ4v) is 4.09. The maximum atomic E-state index is 11.0. The summed E-state index contributed by atoms with van der Waals surface area (Å²) in [6, 6.07) is 23.9. The summed E-state index contributed by atoms with van der Waals surface area (Å²) in [5, 5.41) is 33.6. The van der Waals surface area contributed by atoms with E-state index in [-0.39, 0.29) is 17.3 Å². The van der Waals surface area contributed by atoms with E-state index in [1.807, 2.05) is 60.7 Å². The Labute approximate surface area is 205 Å². The van der Waals surface area contributed by atoms with Crippen LogP contribution in [-0.2, 0) is 0 Å². The molecule has 0 spiro atoms. The molecule has 8 nitrogen and oxygen atoms in total. The monoisotopic (exact) mass is 493 g/mol. The van der Waals surface area contributed by atoms with Crippen LogP contribution in [0.25, 0.3) is 22.5 Å². The van der Waals surface area contributed by atoms with Gasteiger partial charge in [0.05, 0.1) is 11.0 Å². The van der Waals surface area contributed by atoms with Crippen molar-refractivity contribution in [2.24, 2.45) is 0 Å². The molecule has 10 heteroatoms. The van der Waals surface area contributed by atoms with E-state index in [2.05, 4.69) is 15.5 Å². The van der Waals surface area contributed by atoms with E-state index in [9.17, 15) is 15.2 Å². The Morgan fingerprint density at radius 1 is 0.971 bits per heavy atom. The summed E-state index contributed by atoms with van der Waals surface area (Å²) in [5.41, 5.74) is 3.54. The number of hydrogen-bond donors (Lipinski definition) is 2. The van der Waals surface area contributed by atoms with Crippen molar-refractivity contribution in [1.29, 1.82) is 0 Å². The lowest BCUT2D eigenvalue weighted by molar-refractivity contribution is -0.384. The summed E-state index contributed by atoms with van der Waals surface area (Å²) in [4.78, 5) is 15.2. The van der Waals surface area contributed by atoms with Crippen molar-refractivity contribution in [3.63, 3.8) is 0 Å². The Hall–Kier alpha value is -3.53. The number of benzene rings is 3. The first kappa shape index (κ1) is 23.6. The van der Waals surface area contributed by atoms with Gasteiger partial charge in [-0.05, 0) is 12.1 Å². The second-order valence-electron chi connectivity index (χ2n) is 7.29. The zero-order valence-corrected chi connectivity index (χ0v) is 19.4. The van der Waals surface area contributed by atoms with E-state index in [4.69, 9.17) is 16.6 Å². The lowest BCUT2D eigenvalue weighted by atomic mass is 10.0. The van der Waals surface area contributed by atoms with Crippen molar-refractivity contribution >= 4 is 34.7 Å². The summed E-state index contributed by atoms with van der Waals surface area (Å²) in [7, 11) is 0. The van der Waals surface area contributed by atoms with Crippen LogP contribution in [0, 0.1) is 10.1 Å². The Bertz CT molecular complexity index is 1280. The molecule has 1 unspecified atom stereocenters. The standard InChI is InChI=1S/C24H20ClN5O3S/c25-20-12-11-18(13-21(20)30(32)33)26-14-19(31)15-34-24-27-22(16-7-3-1-4-8-16)23(28-29-24)17-9-5-2-6-10-17/h1-13,19,26,31H,14-15H2. The van der Waals surface area contributed by atoms with E-state index in [1.54, 1.807) is 6.07 Å². The average Bonchev–Trinajstić information content (AvgIpc) is 2.87. The molecule has 0 bridgehead atoms. The van der Waals surface area contributed by atoms with Gasteiger partial charge in [-0.3, -0.25) is 10.1 Å². The van der Waals surface area contributed by atoms with E-state index in [1.165, 1.54) is 23.9 Å². The molecule has 0 saturated carbocycles. The number of thioether (sulfide) groups is 1. The van der Waals surface area contributed by atoms with Crippen LogP contribution in [0.3, 0.4) is 0 Å². The maximum absolute atomic E-state index is 11.0. The molecule has 0 aliphatic carbocycles. The van der Waals surface area contributed by atoms with Crippen molar-refractivity contribution in [3.05, 3.63) is 94.0 Å². The second-order valence-corrected chi connectivity index (χ2v) is 8.69. The number of anilines is 1. The van der Waals surface area contributed by atoms with E-state index >= 15 is 0 Å². The van der Waals surface area contributed by atoms with E-state index < -0.39 is 11.0 Å². The summed E-state index contributed by atoms with van der Waals surface area (Å²) in [6.45, 7) is 0.187. The molecule has 2 N–H and O–H groups in total. The minimum Gasteiger partial charge on any atom is -0.390 e. The molecule has 1 atom stereocenters. The third kappa shape index (κ3) is 5.88. The number of halogens is 1. The lowest BCUT2D eigenvalue weighted by Crippen LogP contribution is -2.22. The SMILES string of the molecule is O=[N+]([O-])c1cc(NCC(O)CSc2nnc(-c3ccccc3)c(-c3ccccc3)n2)ccc1Cl. The van der Waals surface area contributed by atoms with Crippen molar-refractivity contribution in [1.82, 2.24) is 15.2 Å². The number of nitrogens with zero attached hydrogens (tertiary/aromatic N) is 4. The highest BCUT2D eigenvalue weighted by Crippen LogP contribution is 2.30. The van der Waals surface area contributed by atoms with Gasteiger partial charge in [0.1, 0.15) is 16.4 Å².